The number of carbonyl (C=O) groups excluding carboxylic acids is 2. The SMILES string of the molecule is CCC1CC(=O)NC2CC(NC(=O)c3cccc(C)c3)CCC12. The largest absolute Gasteiger partial charge is 0.353 e. The molecule has 23 heavy (non-hydrogen) atoms. The van der Waals surface area contributed by atoms with Gasteiger partial charge in [0.25, 0.3) is 5.91 Å². The first-order valence-corrected chi connectivity index (χ1v) is 8.73. The molecule has 1 heterocycles. The third kappa shape index (κ3) is 3.57. The predicted octanol–water partition coefficient (Wildman–Crippen LogP) is 2.81. The predicted molar refractivity (Wildman–Crippen MR) is 90.1 cm³/mol. The van der Waals surface area contributed by atoms with E-state index in [4.69, 9.17) is 0 Å². The highest BCUT2D eigenvalue weighted by atomic mass is 16.2. The fourth-order valence-electron chi connectivity index (χ4n) is 4.21. The van der Waals surface area contributed by atoms with Crippen LogP contribution in [0.15, 0.2) is 24.3 Å². The Balaban J connectivity index is 1.63. The van der Waals surface area contributed by atoms with Gasteiger partial charge in [-0.3, -0.25) is 9.59 Å². The number of carbonyl (C=O) groups is 2. The van der Waals surface area contributed by atoms with Crippen molar-refractivity contribution in [1.29, 1.82) is 0 Å². The minimum Gasteiger partial charge on any atom is -0.353 e. The third-order valence-corrected chi connectivity index (χ3v) is 5.44. The second kappa shape index (κ2) is 6.73. The van der Waals surface area contributed by atoms with Gasteiger partial charge in [-0.05, 0) is 50.2 Å². The molecule has 4 heteroatoms. The molecule has 0 bridgehead atoms. The lowest BCUT2D eigenvalue weighted by atomic mass is 9.70. The van der Waals surface area contributed by atoms with Crippen molar-refractivity contribution in [2.45, 2.75) is 58.0 Å². The molecule has 4 unspecified atom stereocenters. The molecule has 1 aliphatic carbocycles. The summed E-state index contributed by atoms with van der Waals surface area (Å²) in [7, 11) is 0. The summed E-state index contributed by atoms with van der Waals surface area (Å²) in [6.07, 6.45) is 4.67. The Morgan fingerprint density at radius 2 is 2.17 bits per heavy atom. The standard InChI is InChI=1S/C19H26N2O2/c1-3-13-10-18(22)21-17-11-15(7-8-16(13)17)20-19(23)14-6-4-5-12(2)9-14/h4-6,9,13,15-17H,3,7-8,10-11H2,1-2H3,(H,20,23)(H,21,22). The zero-order valence-corrected chi connectivity index (χ0v) is 14.0. The van der Waals surface area contributed by atoms with Crippen molar-refractivity contribution < 1.29 is 9.59 Å². The zero-order valence-electron chi connectivity index (χ0n) is 14.0. The lowest BCUT2D eigenvalue weighted by Gasteiger charge is -2.44. The molecule has 2 amide bonds. The number of aryl methyl sites for hydroxylation is 1. The van der Waals surface area contributed by atoms with E-state index in [1.165, 1.54) is 0 Å². The molecular weight excluding hydrogens is 288 g/mol. The summed E-state index contributed by atoms with van der Waals surface area (Å²) in [5, 5.41) is 6.30. The van der Waals surface area contributed by atoms with E-state index in [-0.39, 0.29) is 23.9 Å². The Kier molecular flexibility index (Phi) is 4.69. The van der Waals surface area contributed by atoms with Crippen LogP contribution in [0.5, 0.6) is 0 Å². The lowest BCUT2D eigenvalue weighted by molar-refractivity contribution is -0.127. The molecule has 2 aliphatic rings. The van der Waals surface area contributed by atoms with Gasteiger partial charge in [-0.2, -0.15) is 0 Å². The molecule has 0 radical (unpaired) electrons. The molecule has 2 fully saturated rings. The van der Waals surface area contributed by atoms with Gasteiger partial charge in [0.2, 0.25) is 5.91 Å². The molecule has 3 rings (SSSR count). The molecule has 1 saturated carbocycles. The van der Waals surface area contributed by atoms with Gasteiger partial charge in [0, 0.05) is 24.1 Å². The second-order valence-electron chi connectivity index (χ2n) is 7.06. The fraction of sp³-hybridized carbons (Fsp3) is 0.579. The van der Waals surface area contributed by atoms with Crippen LogP contribution in [-0.2, 0) is 4.79 Å². The Morgan fingerprint density at radius 1 is 1.35 bits per heavy atom. The minimum atomic E-state index is -0.00803. The van der Waals surface area contributed by atoms with E-state index in [0.717, 1.165) is 31.2 Å². The van der Waals surface area contributed by atoms with E-state index in [0.29, 0.717) is 23.8 Å². The number of piperidine rings is 1. The van der Waals surface area contributed by atoms with E-state index in [9.17, 15) is 9.59 Å². The lowest BCUT2D eigenvalue weighted by Crippen LogP contribution is -2.55. The van der Waals surface area contributed by atoms with Crippen molar-refractivity contribution in [1.82, 2.24) is 10.6 Å². The number of benzene rings is 1. The third-order valence-electron chi connectivity index (χ3n) is 5.44. The van der Waals surface area contributed by atoms with Crippen LogP contribution in [0.3, 0.4) is 0 Å². The molecule has 124 valence electrons. The summed E-state index contributed by atoms with van der Waals surface area (Å²) in [5.41, 5.74) is 1.80. The summed E-state index contributed by atoms with van der Waals surface area (Å²) in [4.78, 5) is 24.3. The molecule has 4 atom stereocenters. The molecule has 0 aromatic heterocycles. The Hall–Kier alpha value is -1.84. The van der Waals surface area contributed by atoms with Gasteiger partial charge in [-0.15, -0.1) is 0 Å². The van der Waals surface area contributed by atoms with Gasteiger partial charge in [0.1, 0.15) is 0 Å². The van der Waals surface area contributed by atoms with Gasteiger partial charge in [-0.25, -0.2) is 0 Å². The Morgan fingerprint density at radius 3 is 2.91 bits per heavy atom. The molecule has 1 saturated heterocycles. The highest BCUT2D eigenvalue weighted by molar-refractivity contribution is 5.94. The average molecular weight is 314 g/mol. The first kappa shape index (κ1) is 16.0. The normalized spacial score (nSPS) is 30.3. The molecule has 1 aliphatic heterocycles. The maximum atomic E-state index is 12.4. The molecular formula is C19H26N2O2. The number of nitrogens with one attached hydrogen (secondary N) is 2. The molecule has 1 aromatic carbocycles. The van der Waals surface area contributed by atoms with Crippen LogP contribution in [0.4, 0.5) is 0 Å². The summed E-state index contributed by atoms with van der Waals surface area (Å²) in [6.45, 7) is 4.16. The first-order chi connectivity index (χ1) is 11.1. The van der Waals surface area contributed by atoms with Crippen LogP contribution < -0.4 is 10.6 Å². The van der Waals surface area contributed by atoms with Crippen molar-refractivity contribution >= 4 is 11.8 Å². The average Bonchev–Trinajstić information content (AvgIpc) is 2.53. The number of rotatable bonds is 3. The van der Waals surface area contributed by atoms with Crippen LogP contribution in [-0.4, -0.2) is 23.9 Å². The van der Waals surface area contributed by atoms with Gasteiger partial charge in [0.15, 0.2) is 0 Å². The van der Waals surface area contributed by atoms with E-state index < -0.39 is 0 Å². The zero-order chi connectivity index (χ0) is 16.4. The summed E-state index contributed by atoms with van der Waals surface area (Å²) in [5.74, 6) is 1.24. The maximum absolute atomic E-state index is 12.4. The number of fused-ring (bicyclic) bond motifs is 1. The molecule has 0 spiro atoms. The van der Waals surface area contributed by atoms with Gasteiger partial charge in [0.05, 0.1) is 0 Å². The van der Waals surface area contributed by atoms with Crippen molar-refractivity contribution in [2.24, 2.45) is 11.8 Å². The number of amides is 2. The van der Waals surface area contributed by atoms with Crippen LogP contribution in [0.1, 0.15) is 54.9 Å². The quantitative estimate of drug-likeness (QED) is 0.901. The Labute approximate surface area is 138 Å². The molecule has 4 nitrogen and oxygen atoms in total. The summed E-state index contributed by atoms with van der Waals surface area (Å²) in [6, 6.07) is 8.04. The maximum Gasteiger partial charge on any atom is 0.251 e. The molecule has 1 aromatic rings. The van der Waals surface area contributed by atoms with E-state index >= 15 is 0 Å². The van der Waals surface area contributed by atoms with Crippen LogP contribution >= 0.6 is 0 Å². The molecule has 2 N–H and O–H groups in total. The second-order valence-corrected chi connectivity index (χ2v) is 7.06. The fourth-order valence-corrected chi connectivity index (χ4v) is 4.21. The van der Waals surface area contributed by atoms with Crippen molar-refractivity contribution in [2.75, 3.05) is 0 Å². The number of hydrogen-bond donors (Lipinski definition) is 2. The van der Waals surface area contributed by atoms with Crippen molar-refractivity contribution in [3.05, 3.63) is 35.4 Å². The summed E-state index contributed by atoms with van der Waals surface area (Å²) < 4.78 is 0. The Bertz CT molecular complexity index is 599. The van der Waals surface area contributed by atoms with Gasteiger partial charge >= 0.3 is 0 Å². The highest BCUT2D eigenvalue weighted by Gasteiger charge is 2.40. The highest BCUT2D eigenvalue weighted by Crippen LogP contribution is 2.37. The van der Waals surface area contributed by atoms with Gasteiger partial charge in [-0.1, -0.05) is 31.0 Å². The van der Waals surface area contributed by atoms with Crippen LogP contribution in [0, 0.1) is 18.8 Å². The van der Waals surface area contributed by atoms with Crippen LogP contribution in [0.2, 0.25) is 0 Å². The topological polar surface area (TPSA) is 58.2 Å². The smallest absolute Gasteiger partial charge is 0.251 e. The van der Waals surface area contributed by atoms with Crippen LogP contribution in [0.25, 0.3) is 0 Å². The minimum absolute atomic E-state index is 0.00803. The monoisotopic (exact) mass is 314 g/mol. The van der Waals surface area contributed by atoms with Crippen molar-refractivity contribution in [3.8, 4) is 0 Å². The number of hydrogen-bond acceptors (Lipinski definition) is 2. The van der Waals surface area contributed by atoms with E-state index in [1.807, 2.05) is 31.2 Å². The van der Waals surface area contributed by atoms with E-state index in [2.05, 4.69) is 17.6 Å². The van der Waals surface area contributed by atoms with Gasteiger partial charge < -0.3 is 10.6 Å². The summed E-state index contributed by atoms with van der Waals surface area (Å²) >= 11 is 0. The van der Waals surface area contributed by atoms with E-state index in [1.54, 1.807) is 0 Å². The van der Waals surface area contributed by atoms with Crippen molar-refractivity contribution in [3.63, 3.8) is 0 Å². The first-order valence-electron chi connectivity index (χ1n) is 8.73.